The molecule has 1 N–H and O–H groups in total. The van der Waals surface area contributed by atoms with E-state index in [4.69, 9.17) is 23.8 Å². The van der Waals surface area contributed by atoms with Crippen molar-refractivity contribution in [3.63, 3.8) is 0 Å². The first kappa shape index (κ1) is 23.7. The molecule has 2 aromatic rings. The number of carbonyl (C=O) groups excluding carboxylic acids is 1. The van der Waals surface area contributed by atoms with Crippen molar-refractivity contribution < 1.29 is 22.9 Å². The summed E-state index contributed by atoms with van der Waals surface area (Å²) < 4.78 is 38.7. The van der Waals surface area contributed by atoms with Crippen LogP contribution in [0.2, 0.25) is 5.02 Å². The molecule has 0 saturated carbocycles. The lowest BCUT2D eigenvalue weighted by Crippen LogP contribution is -2.52. The normalized spacial score (nSPS) is 14.3. The Morgan fingerprint density at radius 2 is 1.81 bits per heavy atom. The molecule has 0 bridgehead atoms. The number of anilines is 1. The maximum atomic E-state index is 12.9. The Balaban J connectivity index is 1.65. The van der Waals surface area contributed by atoms with Gasteiger partial charge >= 0.3 is 6.18 Å². The lowest BCUT2D eigenvalue weighted by Gasteiger charge is -2.37. The van der Waals surface area contributed by atoms with E-state index < -0.39 is 28.3 Å². The number of nitro benzene ring substituents is 1. The number of aryl methyl sites for hydroxylation is 1. The van der Waals surface area contributed by atoms with Crippen LogP contribution in [0, 0.1) is 17.0 Å². The third-order valence-electron chi connectivity index (χ3n) is 5.06. The third kappa shape index (κ3) is 5.28. The molecule has 7 nitrogen and oxygen atoms in total. The quantitative estimate of drug-likeness (QED) is 0.393. The first-order valence-electron chi connectivity index (χ1n) is 9.44. The summed E-state index contributed by atoms with van der Waals surface area (Å²) in [7, 11) is 0. The first-order valence-corrected chi connectivity index (χ1v) is 10.2. The van der Waals surface area contributed by atoms with Crippen LogP contribution in [0.25, 0.3) is 0 Å². The van der Waals surface area contributed by atoms with Crippen LogP contribution in [0.1, 0.15) is 21.5 Å². The van der Waals surface area contributed by atoms with Crippen LogP contribution in [0.3, 0.4) is 0 Å². The van der Waals surface area contributed by atoms with Crippen molar-refractivity contribution in [2.75, 3.05) is 31.1 Å². The van der Waals surface area contributed by atoms with Gasteiger partial charge < -0.3 is 9.80 Å². The van der Waals surface area contributed by atoms with Crippen molar-refractivity contribution in [3.05, 3.63) is 68.2 Å². The highest BCUT2D eigenvalue weighted by molar-refractivity contribution is 7.80. The highest BCUT2D eigenvalue weighted by Gasteiger charge is 2.34. The van der Waals surface area contributed by atoms with Gasteiger partial charge in [-0.15, -0.1) is 0 Å². The van der Waals surface area contributed by atoms with Gasteiger partial charge in [0.05, 0.1) is 10.5 Å². The van der Waals surface area contributed by atoms with Crippen LogP contribution >= 0.6 is 23.8 Å². The molecule has 1 saturated heterocycles. The highest BCUT2D eigenvalue weighted by Crippen LogP contribution is 2.36. The maximum Gasteiger partial charge on any atom is 0.416 e. The van der Waals surface area contributed by atoms with Gasteiger partial charge in [0, 0.05) is 42.8 Å². The van der Waals surface area contributed by atoms with E-state index in [1.807, 2.05) is 6.92 Å². The number of carbonyl (C=O) groups is 1. The predicted molar refractivity (Wildman–Crippen MR) is 118 cm³/mol. The Morgan fingerprint density at radius 3 is 2.38 bits per heavy atom. The van der Waals surface area contributed by atoms with Gasteiger partial charge in [0.25, 0.3) is 11.6 Å². The van der Waals surface area contributed by atoms with Crippen LogP contribution in [-0.2, 0) is 6.18 Å². The average molecular weight is 487 g/mol. The molecular weight excluding hydrogens is 469 g/mol. The van der Waals surface area contributed by atoms with Gasteiger partial charge in [-0.05, 0) is 49.0 Å². The minimum absolute atomic E-state index is 0.104. The molecular formula is C20H18ClF3N4O3S. The Kier molecular flexibility index (Phi) is 6.89. The summed E-state index contributed by atoms with van der Waals surface area (Å²) >= 11 is 11.3. The molecule has 12 heteroatoms. The number of amides is 1. The van der Waals surface area contributed by atoms with Crippen molar-refractivity contribution in [1.29, 1.82) is 0 Å². The third-order valence-corrected chi connectivity index (χ3v) is 5.83. The number of nitro groups is 1. The number of rotatable bonds is 3. The second kappa shape index (κ2) is 9.29. The molecule has 3 rings (SSSR count). The number of piperazine rings is 1. The van der Waals surface area contributed by atoms with E-state index in [0.717, 1.165) is 17.7 Å². The first-order chi connectivity index (χ1) is 15.0. The molecule has 0 aliphatic carbocycles. The standard InChI is InChI=1S/C20H18ClF3N4O3S/c1-12-2-3-13(10-15(12)21)18(29)25-19(32)27-8-6-26(7-9-27)16-5-4-14(20(22,23)24)11-17(16)28(30)31/h2-5,10-11H,6-9H2,1H3,(H,25,29,32). The Bertz CT molecular complexity index is 1070. The SMILES string of the molecule is Cc1ccc(C(=O)NC(=S)N2CCN(c3ccc(C(F)(F)F)cc3[N+](=O)[O-])CC2)cc1Cl. The lowest BCUT2D eigenvalue weighted by molar-refractivity contribution is -0.384. The fraction of sp³-hybridized carbons (Fsp3) is 0.300. The zero-order valence-corrected chi connectivity index (χ0v) is 18.4. The number of hydrogen-bond donors (Lipinski definition) is 1. The minimum atomic E-state index is -4.67. The van der Waals surface area contributed by atoms with E-state index in [0.29, 0.717) is 29.7 Å². The number of benzene rings is 2. The largest absolute Gasteiger partial charge is 0.416 e. The molecule has 0 spiro atoms. The Labute approximate surface area is 191 Å². The topological polar surface area (TPSA) is 78.7 Å². The molecule has 1 amide bonds. The Morgan fingerprint density at radius 1 is 1.16 bits per heavy atom. The zero-order valence-electron chi connectivity index (χ0n) is 16.8. The van der Waals surface area contributed by atoms with Gasteiger partial charge in [-0.3, -0.25) is 20.2 Å². The van der Waals surface area contributed by atoms with Crippen molar-refractivity contribution >= 4 is 46.2 Å². The van der Waals surface area contributed by atoms with E-state index in [1.54, 1.807) is 21.9 Å². The molecule has 1 aliphatic rings. The summed E-state index contributed by atoms with van der Waals surface area (Å²) in [4.78, 5) is 26.3. The number of alkyl halides is 3. The van der Waals surface area contributed by atoms with E-state index in [-0.39, 0.29) is 23.9 Å². The van der Waals surface area contributed by atoms with E-state index in [9.17, 15) is 28.1 Å². The number of nitrogens with one attached hydrogen (secondary N) is 1. The van der Waals surface area contributed by atoms with Gasteiger partial charge in [-0.1, -0.05) is 17.7 Å². The summed E-state index contributed by atoms with van der Waals surface area (Å²) in [6.45, 7) is 3.02. The Hall–Kier alpha value is -2.92. The van der Waals surface area contributed by atoms with Crippen LogP contribution in [-0.4, -0.2) is 47.0 Å². The second-order valence-electron chi connectivity index (χ2n) is 7.16. The summed E-state index contributed by atoms with van der Waals surface area (Å²) in [5, 5.41) is 14.6. The van der Waals surface area contributed by atoms with Crippen LogP contribution in [0.5, 0.6) is 0 Å². The number of nitrogens with zero attached hydrogens (tertiary/aromatic N) is 3. The number of thiocarbonyl (C=S) groups is 1. The van der Waals surface area contributed by atoms with Crippen LogP contribution < -0.4 is 10.2 Å². The predicted octanol–water partition coefficient (Wildman–Crippen LogP) is 4.41. The van der Waals surface area contributed by atoms with Crippen LogP contribution in [0.15, 0.2) is 36.4 Å². The van der Waals surface area contributed by atoms with Crippen molar-refractivity contribution in [3.8, 4) is 0 Å². The number of halogens is 4. The second-order valence-corrected chi connectivity index (χ2v) is 7.95. The summed E-state index contributed by atoms with van der Waals surface area (Å²) in [5.41, 5.74) is -0.403. The molecule has 1 aliphatic heterocycles. The van der Waals surface area contributed by atoms with E-state index in [2.05, 4.69) is 5.32 Å². The van der Waals surface area contributed by atoms with Crippen molar-refractivity contribution in [1.82, 2.24) is 10.2 Å². The monoisotopic (exact) mass is 486 g/mol. The summed E-state index contributed by atoms with van der Waals surface area (Å²) in [5.74, 6) is -0.419. The molecule has 2 aromatic carbocycles. The molecule has 0 aromatic heterocycles. The molecule has 170 valence electrons. The number of hydrogen-bond acceptors (Lipinski definition) is 5. The van der Waals surface area contributed by atoms with Crippen molar-refractivity contribution in [2.24, 2.45) is 0 Å². The highest BCUT2D eigenvalue weighted by atomic mass is 35.5. The van der Waals surface area contributed by atoms with Crippen molar-refractivity contribution in [2.45, 2.75) is 13.1 Å². The van der Waals surface area contributed by atoms with Gasteiger partial charge in [0.2, 0.25) is 0 Å². The van der Waals surface area contributed by atoms with Gasteiger partial charge in [-0.2, -0.15) is 13.2 Å². The smallest absolute Gasteiger partial charge is 0.362 e. The molecule has 32 heavy (non-hydrogen) atoms. The average Bonchev–Trinajstić information content (AvgIpc) is 2.74. The minimum Gasteiger partial charge on any atom is -0.362 e. The molecule has 1 heterocycles. The molecule has 0 atom stereocenters. The van der Waals surface area contributed by atoms with Gasteiger partial charge in [0.15, 0.2) is 5.11 Å². The van der Waals surface area contributed by atoms with Crippen LogP contribution in [0.4, 0.5) is 24.5 Å². The summed E-state index contributed by atoms with van der Waals surface area (Å²) in [6, 6.07) is 7.36. The van der Waals surface area contributed by atoms with Gasteiger partial charge in [-0.25, -0.2) is 0 Å². The molecule has 1 fully saturated rings. The summed E-state index contributed by atoms with van der Waals surface area (Å²) in [6.07, 6.45) is -4.67. The van der Waals surface area contributed by atoms with Gasteiger partial charge in [0.1, 0.15) is 5.69 Å². The maximum absolute atomic E-state index is 12.9. The zero-order chi connectivity index (χ0) is 23.6. The fourth-order valence-electron chi connectivity index (χ4n) is 3.25. The lowest BCUT2D eigenvalue weighted by atomic mass is 10.1. The van der Waals surface area contributed by atoms with E-state index >= 15 is 0 Å². The molecule has 0 radical (unpaired) electrons. The van der Waals surface area contributed by atoms with E-state index in [1.165, 1.54) is 6.07 Å². The fourth-order valence-corrected chi connectivity index (χ4v) is 3.70. The molecule has 0 unspecified atom stereocenters.